The molecule has 3 rings (SSSR count). The topological polar surface area (TPSA) is 62.5 Å². The van der Waals surface area contributed by atoms with Gasteiger partial charge in [0.1, 0.15) is 10.1 Å². The molecule has 2 aromatic rings. The standard InChI is InChI=1S/C11H7ClN2O2S2/c12-5-1-2-6-8(3-5)18-10(13-6)9-14-7(4-17-9)11(15)16/h1-3,7H,4H2,(H,15,16). The highest BCUT2D eigenvalue weighted by Crippen LogP contribution is 2.30. The van der Waals surface area contributed by atoms with Crippen LogP contribution in [0.1, 0.15) is 5.01 Å². The van der Waals surface area contributed by atoms with Crippen molar-refractivity contribution in [2.24, 2.45) is 4.99 Å². The van der Waals surface area contributed by atoms with Crippen molar-refractivity contribution in [3.05, 3.63) is 28.2 Å². The second kappa shape index (κ2) is 4.53. The molecule has 18 heavy (non-hydrogen) atoms. The van der Waals surface area contributed by atoms with Crippen molar-refractivity contribution in [1.29, 1.82) is 0 Å². The lowest BCUT2D eigenvalue weighted by molar-refractivity contribution is -0.137. The number of thiazole rings is 1. The number of aliphatic carboxylic acids is 1. The zero-order valence-electron chi connectivity index (χ0n) is 8.96. The number of hydrogen-bond donors (Lipinski definition) is 1. The Labute approximate surface area is 116 Å². The third kappa shape index (κ3) is 2.11. The van der Waals surface area contributed by atoms with Crippen molar-refractivity contribution >= 4 is 55.9 Å². The number of aromatic nitrogens is 1. The molecule has 1 aromatic heterocycles. The van der Waals surface area contributed by atoms with Gasteiger partial charge < -0.3 is 5.11 Å². The molecule has 1 aliphatic heterocycles. The summed E-state index contributed by atoms with van der Waals surface area (Å²) < 4.78 is 0.986. The van der Waals surface area contributed by atoms with Gasteiger partial charge in [0.2, 0.25) is 0 Å². The molecule has 1 atom stereocenters. The van der Waals surface area contributed by atoms with E-state index in [-0.39, 0.29) is 0 Å². The van der Waals surface area contributed by atoms with E-state index < -0.39 is 12.0 Å². The quantitative estimate of drug-likeness (QED) is 0.926. The number of halogens is 1. The molecule has 92 valence electrons. The lowest BCUT2D eigenvalue weighted by atomic mass is 10.3. The van der Waals surface area contributed by atoms with Gasteiger partial charge in [-0.05, 0) is 18.2 Å². The molecule has 0 spiro atoms. The van der Waals surface area contributed by atoms with Gasteiger partial charge in [-0.15, -0.1) is 23.1 Å². The fraction of sp³-hybridized carbons (Fsp3) is 0.182. The highest BCUT2D eigenvalue weighted by Gasteiger charge is 2.26. The van der Waals surface area contributed by atoms with E-state index in [1.807, 2.05) is 12.1 Å². The molecule has 0 aliphatic carbocycles. The molecule has 1 aliphatic rings. The number of thioether (sulfide) groups is 1. The van der Waals surface area contributed by atoms with Crippen LogP contribution >= 0.6 is 34.7 Å². The van der Waals surface area contributed by atoms with Crippen LogP contribution in [0.4, 0.5) is 0 Å². The average Bonchev–Trinajstić information content (AvgIpc) is 2.93. The van der Waals surface area contributed by atoms with Crippen LogP contribution in [-0.4, -0.2) is 32.9 Å². The predicted octanol–water partition coefficient (Wildman–Crippen LogP) is 2.90. The first-order chi connectivity index (χ1) is 8.63. The number of aliphatic imine (C=N–C) groups is 1. The summed E-state index contributed by atoms with van der Waals surface area (Å²) in [6.45, 7) is 0. The molecule has 7 heteroatoms. The number of hydrogen-bond acceptors (Lipinski definition) is 5. The maximum atomic E-state index is 10.8. The molecule has 1 N–H and O–H groups in total. The number of carboxylic acids is 1. The van der Waals surface area contributed by atoms with Crippen LogP contribution in [0.5, 0.6) is 0 Å². The number of carboxylic acid groups (broad SMARTS) is 1. The van der Waals surface area contributed by atoms with Gasteiger partial charge in [-0.1, -0.05) is 11.6 Å². The van der Waals surface area contributed by atoms with Crippen LogP contribution in [0.2, 0.25) is 5.02 Å². The molecule has 4 nitrogen and oxygen atoms in total. The van der Waals surface area contributed by atoms with Gasteiger partial charge >= 0.3 is 5.97 Å². The van der Waals surface area contributed by atoms with Crippen LogP contribution in [0.25, 0.3) is 10.2 Å². The zero-order chi connectivity index (χ0) is 12.7. The van der Waals surface area contributed by atoms with E-state index in [1.54, 1.807) is 6.07 Å². The largest absolute Gasteiger partial charge is 0.480 e. The van der Waals surface area contributed by atoms with E-state index >= 15 is 0 Å². The van der Waals surface area contributed by atoms with Crippen molar-refractivity contribution in [3.8, 4) is 0 Å². The van der Waals surface area contributed by atoms with Crippen molar-refractivity contribution in [2.45, 2.75) is 6.04 Å². The maximum absolute atomic E-state index is 10.8. The van der Waals surface area contributed by atoms with Gasteiger partial charge in [0.05, 0.1) is 10.2 Å². The molecule has 0 amide bonds. The van der Waals surface area contributed by atoms with Crippen molar-refractivity contribution < 1.29 is 9.90 Å². The van der Waals surface area contributed by atoms with Crippen LogP contribution < -0.4 is 0 Å². The molecule has 0 bridgehead atoms. The van der Waals surface area contributed by atoms with Crippen molar-refractivity contribution in [3.63, 3.8) is 0 Å². The number of rotatable bonds is 2. The summed E-state index contributed by atoms with van der Waals surface area (Å²) in [5, 5.41) is 11.0. The van der Waals surface area contributed by atoms with Crippen LogP contribution in [0.3, 0.4) is 0 Å². The van der Waals surface area contributed by atoms with E-state index in [9.17, 15) is 4.79 Å². The summed E-state index contributed by atoms with van der Waals surface area (Å²) in [6.07, 6.45) is 0. The summed E-state index contributed by atoms with van der Waals surface area (Å²) in [5.41, 5.74) is 0.862. The Morgan fingerprint density at radius 2 is 2.33 bits per heavy atom. The molecule has 0 saturated carbocycles. The Kier molecular flexibility index (Phi) is 3.01. The number of carbonyl (C=O) groups is 1. The monoisotopic (exact) mass is 298 g/mol. The Bertz CT molecular complexity index is 668. The van der Waals surface area contributed by atoms with E-state index in [1.165, 1.54) is 23.1 Å². The molecular formula is C11H7ClN2O2S2. The highest BCUT2D eigenvalue weighted by atomic mass is 35.5. The lowest BCUT2D eigenvalue weighted by Gasteiger charge is -1.93. The number of benzene rings is 1. The van der Waals surface area contributed by atoms with E-state index in [2.05, 4.69) is 9.98 Å². The van der Waals surface area contributed by atoms with Crippen molar-refractivity contribution in [1.82, 2.24) is 4.98 Å². The van der Waals surface area contributed by atoms with Crippen LogP contribution in [-0.2, 0) is 4.79 Å². The Morgan fingerprint density at radius 1 is 1.50 bits per heavy atom. The molecule has 0 saturated heterocycles. The van der Waals surface area contributed by atoms with Gasteiger partial charge in [-0.3, -0.25) is 4.99 Å². The summed E-state index contributed by atoms with van der Waals surface area (Å²) >= 11 is 8.84. The van der Waals surface area contributed by atoms with Gasteiger partial charge in [-0.2, -0.15) is 0 Å². The Balaban J connectivity index is 2.00. The molecular weight excluding hydrogens is 292 g/mol. The second-order valence-electron chi connectivity index (χ2n) is 3.73. The van der Waals surface area contributed by atoms with Gasteiger partial charge in [-0.25, -0.2) is 9.78 Å². The normalized spacial score (nSPS) is 19.2. The van der Waals surface area contributed by atoms with Gasteiger partial charge in [0.15, 0.2) is 6.04 Å². The second-order valence-corrected chi connectivity index (χ2v) is 6.21. The molecule has 2 heterocycles. The maximum Gasteiger partial charge on any atom is 0.329 e. The molecule has 0 fully saturated rings. The minimum absolute atomic E-state index is 0.474. The minimum atomic E-state index is -0.887. The lowest BCUT2D eigenvalue weighted by Crippen LogP contribution is -2.17. The zero-order valence-corrected chi connectivity index (χ0v) is 11.3. The van der Waals surface area contributed by atoms with Crippen LogP contribution in [0, 0.1) is 0 Å². The third-order valence-corrected chi connectivity index (χ3v) is 4.91. The third-order valence-electron chi connectivity index (χ3n) is 2.47. The summed E-state index contributed by atoms with van der Waals surface area (Å²) in [5.74, 6) is -0.414. The SMILES string of the molecule is O=C(O)C1CSC(c2nc3ccc(Cl)cc3s2)=N1. The summed E-state index contributed by atoms with van der Waals surface area (Å²) in [6, 6.07) is 4.84. The predicted molar refractivity (Wildman–Crippen MR) is 75.0 cm³/mol. The van der Waals surface area contributed by atoms with E-state index in [0.29, 0.717) is 15.8 Å². The van der Waals surface area contributed by atoms with Gasteiger partial charge in [0, 0.05) is 10.8 Å². The minimum Gasteiger partial charge on any atom is -0.480 e. The number of nitrogens with zero attached hydrogens (tertiary/aromatic N) is 2. The highest BCUT2D eigenvalue weighted by molar-refractivity contribution is 8.15. The average molecular weight is 299 g/mol. The fourth-order valence-corrected chi connectivity index (χ4v) is 3.95. The number of fused-ring (bicyclic) bond motifs is 1. The smallest absolute Gasteiger partial charge is 0.329 e. The first-order valence-electron chi connectivity index (χ1n) is 5.13. The molecule has 1 aromatic carbocycles. The van der Waals surface area contributed by atoms with Crippen molar-refractivity contribution in [2.75, 3.05) is 5.75 Å². The van der Waals surface area contributed by atoms with Gasteiger partial charge in [0.25, 0.3) is 0 Å². The van der Waals surface area contributed by atoms with E-state index in [0.717, 1.165) is 15.2 Å². The van der Waals surface area contributed by atoms with Crippen LogP contribution in [0.15, 0.2) is 23.2 Å². The Hall–Kier alpha value is -1.11. The van der Waals surface area contributed by atoms with E-state index in [4.69, 9.17) is 16.7 Å². The molecule has 1 unspecified atom stereocenters. The first kappa shape index (κ1) is 12.0. The Morgan fingerprint density at radius 3 is 3.06 bits per heavy atom. The fourth-order valence-electron chi connectivity index (χ4n) is 1.61. The summed E-state index contributed by atoms with van der Waals surface area (Å²) in [7, 11) is 0. The molecule has 0 radical (unpaired) electrons. The summed E-state index contributed by atoms with van der Waals surface area (Å²) in [4.78, 5) is 19.5. The first-order valence-corrected chi connectivity index (χ1v) is 7.31.